The van der Waals surface area contributed by atoms with Crippen LogP contribution in [0.4, 0.5) is 4.39 Å². The van der Waals surface area contributed by atoms with Crippen molar-refractivity contribution in [3.63, 3.8) is 0 Å². The van der Waals surface area contributed by atoms with E-state index in [4.69, 9.17) is 4.74 Å². The van der Waals surface area contributed by atoms with Gasteiger partial charge in [-0.3, -0.25) is 0 Å². The van der Waals surface area contributed by atoms with Crippen LogP contribution in [0.1, 0.15) is 18.4 Å². The van der Waals surface area contributed by atoms with Crippen molar-refractivity contribution in [2.45, 2.75) is 24.3 Å². The Morgan fingerprint density at radius 2 is 1.66 bits per heavy atom. The van der Waals surface area contributed by atoms with Gasteiger partial charge in [0, 0.05) is 0 Å². The third kappa shape index (κ3) is 12.4. The fourth-order valence-electron chi connectivity index (χ4n) is 2.36. The minimum Gasteiger partial charge on any atom is -0.810 e. The number of ether oxygens (including phenoxy) is 1. The molecule has 7 nitrogen and oxygen atoms in total. The number of hydrogen-bond acceptors (Lipinski definition) is 7. The van der Waals surface area contributed by atoms with Crippen molar-refractivity contribution in [2.75, 3.05) is 0 Å². The topological polar surface area (TPSA) is 130 Å². The van der Waals surface area contributed by atoms with Crippen LogP contribution in [0.15, 0.2) is 48.5 Å². The van der Waals surface area contributed by atoms with E-state index in [1.165, 1.54) is 18.2 Å². The summed E-state index contributed by atoms with van der Waals surface area (Å²) >= 11 is 0. The van der Waals surface area contributed by atoms with Crippen LogP contribution in [0.2, 0.25) is 0 Å². The molecule has 0 saturated heterocycles. The van der Waals surface area contributed by atoms with Crippen molar-refractivity contribution in [3.8, 4) is 11.5 Å². The second-order valence-corrected chi connectivity index (χ2v) is 9.17. The first-order valence-electron chi connectivity index (χ1n) is 7.55. The molecule has 0 aliphatic carbocycles. The van der Waals surface area contributed by atoms with Crippen LogP contribution in [0, 0.1) is 5.82 Å². The van der Waals surface area contributed by atoms with Gasteiger partial charge in [0.1, 0.15) is 15.9 Å². The SMILES string of the molecule is O=P([O-])([O-])C(CCCc1cccc(Oc2ccccc2F)c1)S(=O)(=O)[O-].[K+].[K+].[K+]. The Hall–Kier alpha value is 3.14. The van der Waals surface area contributed by atoms with Crippen LogP contribution in [-0.2, 0) is 21.1 Å². The monoisotopic (exact) mass is 518 g/mol. The Balaban J connectivity index is 0. The van der Waals surface area contributed by atoms with E-state index in [1.807, 2.05) is 0 Å². The Morgan fingerprint density at radius 1 is 1.03 bits per heavy atom. The molecule has 0 radical (unpaired) electrons. The number of para-hydroxylation sites is 1. The first-order valence-corrected chi connectivity index (χ1v) is 10.6. The first kappa shape index (κ1) is 34.3. The van der Waals surface area contributed by atoms with E-state index in [9.17, 15) is 31.7 Å². The maximum Gasteiger partial charge on any atom is 1.00 e. The van der Waals surface area contributed by atoms with Crippen LogP contribution in [-0.4, -0.2) is 18.0 Å². The molecule has 0 aromatic heterocycles. The van der Waals surface area contributed by atoms with Crippen LogP contribution < -0.4 is 169 Å². The molecule has 29 heavy (non-hydrogen) atoms. The molecule has 13 heteroatoms. The molecule has 0 aliphatic rings. The molecule has 2 aromatic carbocycles. The van der Waals surface area contributed by atoms with Crippen molar-refractivity contribution in [1.82, 2.24) is 0 Å². The van der Waals surface area contributed by atoms with E-state index < -0.39 is 34.9 Å². The van der Waals surface area contributed by atoms with Gasteiger partial charge in [-0.2, -0.15) is 0 Å². The summed E-state index contributed by atoms with van der Waals surface area (Å²) in [6.07, 6.45) is -0.390. The third-order valence-electron chi connectivity index (χ3n) is 3.57. The predicted molar refractivity (Wildman–Crippen MR) is 86.9 cm³/mol. The molecule has 1 atom stereocenters. The van der Waals surface area contributed by atoms with Crippen LogP contribution in [0.5, 0.6) is 11.5 Å². The van der Waals surface area contributed by atoms with Gasteiger partial charge in [-0.1, -0.05) is 31.9 Å². The minimum atomic E-state index is -5.55. The van der Waals surface area contributed by atoms with Gasteiger partial charge >= 0.3 is 154 Å². The number of benzene rings is 2. The van der Waals surface area contributed by atoms with E-state index in [1.54, 1.807) is 30.3 Å². The van der Waals surface area contributed by atoms with E-state index in [2.05, 4.69) is 0 Å². The molecule has 0 spiro atoms. The van der Waals surface area contributed by atoms with Crippen LogP contribution >= 0.6 is 7.60 Å². The summed E-state index contributed by atoms with van der Waals surface area (Å²) in [7, 11) is -10.8. The minimum absolute atomic E-state index is 0. The van der Waals surface area contributed by atoms with Gasteiger partial charge in [-0.15, -0.1) is 0 Å². The number of halogens is 1. The summed E-state index contributed by atoms with van der Waals surface area (Å²) in [6.45, 7) is 0. The van der Waals surface area contributed by atoms with Gasteiger partial charge in [0.05, 0.1) is 4.99 Å². The van der Waals surface area contributed by atoms with Crippen molar-refractivity contribution in [3.05, 3.63) is 59.9 Å². The largest absolute Gasteiger partial charge is 1.00 e. The molecule has 0 fully saturated rings. The van der Waals surface area contributed by atoms with E-state index in [0.717, 1.165) is 0 Å². The maximum atomic E-state index is 13.6. The van der Waals surface area contributed by atoms with E-state index >= 15 is 0 Å². The summed E-state index contributed by atoms with van der Waals surface area (Å²) in [4.78, 5) is 19.4. The van der Waals surface area contributed by atoms with Gasteiger partial charge in [0.15, 0.2) is 11.6 Å². The van der Waals surface area contributed by atoms with E-state index in [0.29, 0.717) is 11.3 Å². The molecular formula is C16H15FK3O7PS. The molecule has 2 aromatic rings. The van der Waals surface area contributed by atoms with Gasteiger partial charge in [-0.25, -0.2) is 12.8 Å². The zero-order chi connectivity index (χ0) is 19.4. The van der Waals surface area contributed by atoms with Gasteiger partial charge in [-0.05, 0) is 49.1 Å². The van der Waals surface area contributed by atoms with Gasteiger partial charge in [0.25, 0.3) is 0 Å². The molecule has 142 valence electrons. The van der Waals surface area contributed by atoms with Crippen molar-refractivity contribution >= 4 is 17.7 Å². The Labute approximate surface area is 297 Å². The summed E-state index contributed by atoms with van der Waals surface area (Å²) in [6, 6.07) is 12.3. The van der Waals surface area contributed by atoms with Crippen molar-refractivity contribution in [2.24, 2.45) is 0 Å². The van der Waals surface area contributed by atoms with Gasteiger partial charge < -0.3 is 23.6 Å². The summed E-state index contributed by atoms with van der Waals surface area (Å²) in [5.74, 6) is -0.178. The Morgan fingerprint density at radius 3 is 2.21 bits per heavy atom. The molecule has 0 N–H and O–H groups in total. The molecule has 1 unspecified atom stereocenters. The normalized spacial score (nSPS) is 12.0. The summed E-state index contributed by atoms with van der Waals surface area (Å²) in [5, 5.41) is 0. The molecule has 0 amide bonds. The zero-order valence-electron chi connectivity index (χ0n) is 16.4. The number of aryl methyl sites for hydroxylation is 1. The van der Waals surface area contributed by atoms with E-state index in [-0.39, 0.29) is 173 Å². The number of rotatable bonds is 8. The van der Waals surface area contributed by atoms with Crippen LogP contribution in [0.3, 0.4) is 0 Å². The molecule has 0 heterocycles. The fraction of sp³-hybridized carbons (Fsp3) is 0.250. The molecule has 2 rings (SSSR count). The first-order chi connectivity index (χ1) is 12.1. The molecule has 0 bridgehead atoms. The quantitative estimate of drug-likeness (QED) is 0.193. The standard InChI is InChI=1S/C16H18FO7PS.3K/c17-14-8-1-2-9-15(14)24-13-7-3-5-12(11-13)6-4-10-16(25(18,19)20)26(21,22)23;;;/h1-3,5,7-9,11,16H,4,6,10H2,(H2,18,19,20)(H,21,22,23);;;/q;3*+1/p-3. The maximum absolute atomic E-state index is 13.6. The van der Waals surface area contributed by atoms with Crippen molar-refractivity contribution < 1.29 is 191 Å². The predicted octanol–water partition coefficient (Wildman–Crippen LogP) is -7.26. The van der Waals surface area contributed by atoms with Gasteiger partial charge in [0.2, 0.25) is 0 Å². The third-order valence-corrected chi connectivity index (χ3v) is 6.98. The zero-order valence-corrected chi connectivity index (χ0v) is 27.5. The Bertz CT molecular complexity index is 924. The van der Waals surface area contributed by atoms with Crippen molar-refractivity contribution in [1.29, 1.82) is 0 Å². The second kappa shape index (κ2) is 15.9. The Kier molecular flexibility index (Phi) is 18.8. The summed E-state index contributed by atoms with van der Waals surface area (Å²) in [5.41, 5.74) is 0.646. The smallest absolute Gasteiger partial charge is 0.810 e. The average molecular weight is 519 g/mol. The number of hydrogen-bond donors (Lipinski definition) is 0. The second-order valence-electron chi connectivity index (χ2n) is 5.56. The fourth-order valence-corrected chi connectivity index (χ4v) is 4.58. The molecule has 0 saturated carbocycles. The molecular weight excluding hydrogens is 504 g/mol. The van der Waals surface area contributed by atoms with Crippen LogP contribution in [0.25, 0.3) is 0 Å². The summed E-state index contributed by atoms with van der Waals surface area (Å²) < 4.78 is 62.7. The molecule has 0 aliphatic heterocycles. The average Bonchev–Trinajstić information content (AvgIpc) is 2.52.